The topological polar surface area (TPSA) is 67.0 Å². The van der Waals surface area contributed by atoms with Gasteiger partial charge >= 0.3 is 0 Å². The number of nitrogens with zero attached hydrogens (tertiary/aromatic N) is 1. The number of rotatable bonds is 3. The molecule has 1 saturated heterocycles. The fraction of sp³-hybridized carbons (Fsp3) is 0.600. The van der Waals surface area contributed by atoms with Crippen molar-refractivity contribution in [1.82, 2.24) is 9.97 Å². The molecule has 2 rings (SSSR count). The lowest BCUT2D eigenvalue weighted by Crippen LogP contribution is -2.27. The van der Waals surface area contributed by atoms with Crippen LogP contribution in [0.5, 0.6) is 0 Å². The van der Waals surface area contributed by atoms with Crippen molar-refractivity contribution in [1.29, 1.82) is 0 Å². The van der Waals surface area contributed by atoms with E-state index in [1.165, 1.54) is 6.33 Å². The Hall–Kier alpha value is -1.07. The Bertz CT molecular complexity index is 415. The summed E-state index contributed by atoms with van der Waals surface area (Å²) in [4.78, 5) is 17.7. The molecule has 0 spiro atoms. The quantitative estimate of drug-likeness (QED) is 0.839. The minimum absolute atomic E-state index is 0.105. The van der Waals surface area contributed by atoms with E-state index in [0.29, 0.717) is 11.7 Å². The first kappa shape index (κ1) is 11.4. The number of hydrogen-bond acceptors (Lipinski definition) is 4. The van der Waals surface area contributed by atoms with E-state index in [2.05, 4.69) is 15.3 Å². The second kappa shape index (κ2) is 4.84. The lowest BCUT2D eigenvalue weighted by Gasteiger charge is -2.19. The smallest absolute Gasteiger partial charge is 0.271 e. The molecule has 1 fully saturated rings. The molecule has 0 aromatic carbocycles. The highest BCUT2D eigenvalue weighted by Gasteiger charge is 2.23. The van der Waals surface area contributed by atoms with E-state index in [9.17, 15) is 4.79 Å². The van der Waals surface area contributed by atoms with Gasteiger partial charge in [-0.2, -0.15) is 0 Å². The summed E-state index contributed by atoms with van der Waals surface area (Å²) in [6.45, 7) is 3.58. The van der Waals surface area contributed by atoms with Crippen LogP contribution in [0, 0.1) is 5.92 Å². The largest absolute Gasteiger partial charge is 0.381 e. The van der Waals surface area contributed by atoms with Crippen LogP contribution in [0.15, 0.2) is 11.1 Å². The second-order valence-electron chi connectivity index (χ2n) is 3.95. The molecule has 2 N–H and O–H groups in total. The fourth-order valence-electron chi connectivity index (χ4n) is 1.76. The van der Waals surface area contributed by atoms with Crippen molar-refractivity contribution in [3.8, 4) is 0 Å². The second-order valence-corrected chi connectivity index (χ2v) is 4.33. The van der Waals surface area contributed by atoms with Crippen molar-refractivity contribution >= 4 is 17.4 Å². The number of ether oxygens (including phenoxy) is 1. The van der Waals surface area contributed by atoms with Gasteiger partial charge in [0.15, 0.2) is 5.82 Å². The molecule has 2 heterocycles. The third-order valence-corrected chi connectivity index (χ3v) is 3.18. The fourth-order valence-corrected chi connectivity index (χ4v) is 1.92. The highest BCUT2D eigenvalue weighted by molar-refractivity contribution is 6.32. The molecule has 16 heavy (non-hydrogen) atoms. The third-order valence-electron chi connectivity index (χ3n) is 2.83. The first-order valence-electron chi connectivity index (χ1n) is 5.26. The van der Waals surface area contributed by atoms with Crippen LogP contribution in [-0.2, 0) is 4.74 Å². The average molecular weight is 244 g/mol. The molecule has 1 aromatic heterocycles. The lowest BCUT2D eigenvalue weighted by atomic mass is 10.0. The van der Waals surface area contributed by atoms with Gasteiger partial charge in [0.25, 0.3) is 5.56 Å². The Morgan fingerprint density at radius 1 is 1.75 bits per heavy atom. The van der Waals surface area contributed by atoms with Crippen molar-refractivity contribution in [2.75, 3.05) is 18.5 Å². The molecule has 5 nitrogen and oxygen atoms in total. The highest BCUT2D eigenvalue weighted by atomic mass is 35.5. The molecule has 1 aliphatic rings. The maximum atomic E-state index is 11.3. The molecule has 0 bridgehead atoms. The zero-order valence-corrected chi connectivity index (χ0v) is 9.75. The Labute approximate surface area is 98.2 Å². The number of aromatic amines is 1. The molecule has 0 aliphatic carbocycles. The summed E-state index contributed by atoms with van der Waals surface area (Å²) in [7, 11) is 0. The van der Waals surface area contributed by atoms with Crippen molar-refractivity contribution in [3.63, 3.8) is 0 Å². The van der Waals surface area contributed by atoms with Crippen LogP contribution in [0.2, 0.25) is 5.02 Å². The molecular formula is C10H14ClN3O2. The predicted octanol–water partition coefficient (Wildman–Crippen LogP) is 1.26. The molecule has 0 radical (unpaired) electrons. The maximum absolute atomic E-state index is 11.3. The predicted molar refractivity (Wildman–Crippen MR) is 61.9 cm³/mol. The van der Waals surface area contributed by atoms with Crippen molar-refractivity contribution in [2.45, 2.75) is 19.4 Å². The van der Waals surface area contributed by atoms with E-state index in [4.69, 9.17) is 16.3 Å². The molecule has 2 unspecified atom stereocenters. The van der Waals surface area contributed by atoms with Crippen LogP contribution in [0.4, 0.5) is 5.82 Å². The Kier molecular flexibility index (Phi) is 3.46. The van der Waals surface area contributed by atoms with Crippen molar-refractivity contribution < 1.29 is 4.74 Å². The Balaban J connectivity index is 2.08. The maximum Gasteiger partial charge on any atom is 0.271 e. The van der Waals surface area contributed by atoms with E-state index in [0.717, 1.165) is 19.6 Å². The number of anilines is 1. The first-order chi connectivity index (χ1) is 7.68. The molecular weight excluding hydrogens is 230 g/mol. The van der Waals surface area contributed by atoms with E-state index in [1.807, 2.05) is 6.92 Å². The lowest BCUT2D eigenvalue weighted by molar-refractivity contribution is 0.183. The molecule has 0 amide bonds. The number of H-pyrrole nitrogens is 1. The van der Waals surface area contributed by atoms with Gasteiger partial charge in [0.2, 0.25) is 0 Å². The molecule has 1 aromatic rings. The first-order valence-corrected chi connectivity index (χ1v) is 5.63. The van der Waals surface area contributed by atoms with E-state index in [-0.39, 0.29) is 16.6 Å². The Morgan fingerprint density at radius 3 is 3.25 bits per heavy atom. The molecule has 6 heteroatoms. The molecule has 2 atom stereocenters. The van der Waals surface area contributed by atoms with Gasteiger partial charge in [-0.05, 0) is 13.3 Å². The van der Waals surface area contributed by atoms with Crippen LogP contribution in [0.3, 0.4) is 0 Å². The van der Waals surface area contributed by atoms with Crippen LogP contribution in [0.1, 0.15) is 13.3 Å². The van der Waals surface area contributed by atoms with Crippen LogP contribution >= 0.6 is 11.6 Å². The van der Waals surface area contributed by atoms with Gasteiger partial charge in [-0.3, -0.25) is 4.79 Å². The average Bonchev–Trinajstić information content (AvgIpc) is 2.78. The Morgan fingerprint density at radius 2 is 2.56 bits per heavy atom. The summed E-state index contributed by atoms with van der Waals surface area (Å²) in [6, 6.07) is 0.189. The summed E-state index contributed by atoms with van der Waals surface area (Å²) >= 11 is 5.84. The number of nitrogens with one attached hydrogen (secondary N) is 2. The van der Waals surface area contributed by atoms with Gasteiger partial charge in [0.05, 0.1) is 12.9 Å². The summed E-state index contributed by atoms with van der Waals surface area (Å²) in [6.07, 6.45) is 2.36. The highest BCUT2D eigenvalue weighted by Crippen LogP contribution is 2.21. The number of hydrogen-bond donors (Lipinski definition) is 2. The summed E-state index contributed by atoms with van der Waals surface area (Å²) in [5.41, 5.74) is -0.325. The molecule has 88 valence electrons. The van der Waals surface area contributed by atoms with Crippen molar-refractivity contribution in [3.05, 3.63) is 21.7 Å². The monoisotopic (exact) mass is 243 g/mol. The SMILES string of the molecule is CC(Nc1nc[nH]c(=O)c1Cl)C1CCOC1. The van der Waals surface area contributed by atoms with Crippen LogP contribution in [-0.4, -0.2) is 29.2 Å². The minimum Gasteiger partial charge on any atom is -0.381 e. The summed E-state index contributed by atoms with van der Waals surface area (Å²) in [5.74, 6) is 0.877. The van der Waals surface area contributed by atoms with Crippen molar-refractivity contribution in [2.24, 2.45) is 5.92 Å². The zero-order chi connectivity index (χ0) is 11.5. The molecule has 1 aliphatic heterocycles. The summed E-state index contributed by atoms with van der Waals surface area (Å²) in [5, 5.41) is 3.25. The number of halogens is 1. The third kappa shape index (κ3) is 2.36. The van der Waals surface area contributed by atoms with E-state index < -0.39 is 0 Å². The van der Waals surface area contributed by atoms with Gasteiger partial charge in [-0.15, -0.1) is 0 Å². The van der Waals surface area contributed by atoms with E-state index >= 15 is 0 Å². The zero-order valence-electron chi connectivity index (χ0n) is 9.00. The minimum atomic E-state index is -0.325. The van der Waals surface area contributed by atoms with Gasteiger partial charge in [-0.25, -0.2) is 4.98 Å². The molecule has 0 saturated carbocycles. The standard InChI is InChI=1S/C10H14ClN3O2/c1-6(7-2-3-16-4-7)14-9-8(11)10(15)13-5-12-9/h5-7H,2-4H2,1H3,(H2,12,13,14,15). The van der Waals surface area contributed by atoms with Gasteiger partial charge in [0.1, 0.15) is 5.02 Å². The van der Waals surface area contributed by atoms with Gasteiger partial charge < -0.3 is 15.0 Å². The van der Waals surface area contributed by atoms with Gasteiger partial charge in [0, 0.05) is 18.6 Å². The van der Waals surface area contributed by atoms with E-state index in [1.54, 1.807) is 0 Å². The number of aromatic nitrogens is 2. The van der Waals surface area contributed by atoms with Crippen LogP contribution in [0.25, 0.3) is 0 Å². The van der Waals surface area contributed by atoms with Crippen LogP contribution < -0.4 is 10.9 Å². The van der Waals surface area contributed by atoms with Gasteiger partial charge in [-0.1, -0.05) is 11.6 Å². The normalized spacial score (nSPS) is 22.0. The summed E-state index contributed by atoms with van der Waals surface area (Å²) < 4.78 is 5.31.